The topological polar surface area (TPSA) is 9.23 Å². The maximum absolute atomic E-state index is 5.12. The van der Waals surface area contributed by atoms with E-state index >= 15 is 0 Å². The molecule has 20 heavy (non-hydrogen) atoms. The number of methoxy groups -OCH3 is 1. The van der Waals surface area contributed by atoms with Gasteiger partial charge in [-0.3, -0.25) is 0 Å². The molecular weight excluding hydrogens is 244 g/mol. The highest BCUT2D eigenvalue weighted by Crippen LogP contribution is 2.12. The highest BCUT2D eigenvalue weighted by atomic mass is 16.5. The van der Waals surface area contributed by atoms with Crippen molar-refractivity contribution in [3.05, 3.63) is 90.0 Å². The van der Waals surface area contributed by atoms with E-state index in [9.17, 15) is 0 Å². The molecule has 0 spiro atoms. The minimum Gasteiger partial charge on any atom is -0.497 e. The van der Waals surface area contributed by atoms with E-state index in [0.29, 0.717) is 0 Å². The highest BCUT2D eigenvalue weighted by Gasteiger charge is 1.88. The van der Waals surface area contributed by atoms with E-state index in [0.717, 1.165) is 11.3 Å². The van der Waals surface area contributed by atoms with Crippen molar-refractivity contribution < 1.29 is 4.74 Å². The lowest BCUT2D eigenvalue weighted by atomic mass is 10.2. The van der Waals surface area contributed by atoms with Crippen molar-refractivity contribution >= 4 is 12.2 Å². The lowest BCUT2D eigenvalue weighted by molar-refractivity contribution is 0.415. The number of allylic oxidation sites excluding steroid dienone is 4. The van der Waals surface area contributed by atoms with E-state index in [1.807, 2.05) is 66.8 Å². The molecule has 1 heteroatoms. The van der Waals surface area contributed by atoms with Crippen LogP contribution in [0.2, 0.25) is 0 Å². The van der Waals surface area contributed by atoms with Crippen LogP contribution in [0.5, 0.6) is 5.75 Å². The van der Waals surface area contributed by atoms with E-state index in [1.165, 1.54) is 5.56 Å². The van der Waals surface area contributed by atoms with Crippen LogP contribution in [0.3, 0.4) is 0 Å². The molecule has 0 saturated carbocycles. The van der Waals surface area contributed by atoms with Crippen molar-refractivity contribution in [1.82, 2.24) is 0 Å². The van der Waals surface area contributed by atoms with Crippen molar-refractivity contribution in [3.8, 4) is 5.75 Å². The summed E-state index contributed by atoms with van der Waals surface area (Å²) >= 11 is 0. The predicted octanol–water partition coefficient (Wildman–Crippen LogP) is 4.98. The number of hydrogen-bond acceptors (Lipinski definition) is 1. The van der Waals surface area contributed by atoms with Crippen molar-refractivity contribution in [2.45, 2.75) is 0 Å². The summed E-state index contributed by atoms with van der Waals surface area (Å²) < 4.78 is 5.12. The number of benzene rings is 2. The van der Waals surface area contributed by atoms with Gasteiger partial charge in [0.1, 0.15) is 5.75 Å². The maximum atomic E-state index is 5.12. The van der Waals surface area contributed by atoms with Gasteiger partial charge in [0.15, 0.2) is 0 Å². The fraction of sp³-hybridized carbons (Fsp3) is 0.0526. The van der Waals surface area contributed by atoms with Crippen molar-refractivity contribution in [2.24, 2.45) is 0 Å². The lowest BCUT2D eigenvalue weighted by Crippen LogP contribution is -1.81. The second-order valence-corrected chi connectivity index (χ2v) is 4.29. The number of ether oxygens (including phenoxy) is 1. The minimum absolute atomic E-state index is 0.878. The van der Waals surface area contributed by atoms with Crippen LogP contribution >= 0.6 is 0 Å². The summed E-state index contributed by atoms with van der Waals surface area (Å²) in [6, 6.07) is 18.2. The smallest absolute Gasteiger partial charge is 0.118 e. The summed E-state index contributed by atoms with van der Waals surface area (Å²) in [5.41, 5.74) is 2.36. The van der Waals surface area contributed by atoms with Gasteiger partial charge in [-0.1, -0.05) is 78.9 Å². The van der Waals surface area contributed by atoms with Gasteiger partial charge >= 0.3 is 0 Å². The van der Waals surface area contributed by atoms with Gasteiger partial charge in [0.05, 0.1) is 7.11 Å². The van der Waals surface area contributed by atoms with Gasteiger partial charge < -0.3 is 4.74 Å². The van der Waals surface area contributed by atoms with Crippen LogP contribution in [-0.4, -0.2) is 7.11 Å². The van der Waals surface area contributed by atoms with E-state index in [1.54, 1.807) is 7.11 Å². The van der Waals surface area contributed by atoms with Gasteiger partial charge in [-0.05, 0) is 23.3 Å². The monoisotopic (exact) mass is 262 g/mol. The van der Waals surface area contributed by atoms with Gasteiger partial charge in [-0.2, -0.15) is 0 Å². The van der Waals surface area contributed by atoms with Crippen molar-refractivity contribution in [3.63, 3.8) is 0 Å². The quantitative estimate of drug-likeness (QED) is 0.691. The van der Waals surface area contributed by atoms with Gasteiger partial charge in [0.25, 0.3) is 0 Å². The zero-order valence-electron chi connectivity index (χ0n) is 11.6. The molecule has 0 aromatic heterocycles. The van der Waals surface area contributed by atoms with Gasteiger partial charge in [-0.15, -0.1) is 0 Å². The maximum Gasteiger partial charge on any atom is 0.118 e. The molecular formula is C19H18O. The third kappa shape index (κ3) is 4.62. The fourth-order valence-electron chi connectivity index (χ4n) is 1.74. The molecule has 0 atom stereocenters. The molecule has 0 heterocycles. The molecule has 100 valence electrons. The molecule has 2 rings (SSSR count). The molecule has 0 bridgehead atoms. The Bertz CT molecular complexity index is 589. The normalized spacial score (nSPS) is 11.7. The van der Waals surface area contributed by atoms with Crippen LogP contribution in [-0.2, 0) is 0 Å². The summed E-state index contributed by atoms with van der Waals surface area (Å²) in [5.74, 6) is 0.878. The Morgan fingerprint density at radius 3 is 1.75 bits per heavy atom. The lowest BCUT2D eigenvalue weighted by Gasteiger charge is -1.98. The predicted molar refractivity (Wildman–Crippen MR) is 86.6 cm³/mol. The molecule has 0 unspecified atom stereocenters. The molecule has 2 aromatic carbocycles. The first-order chi connectivity index (χ1) is 9.88. The van der Waals surface area contributed by atoms with Gasteiger partial charge in [0, 0.05) is 0 Å². The number of hydrogen-bond donors (Lipinski definition) is 0. The van der Waals surface area contributed by atoms with Crippen molar-refractivity contribution in [1.29, 1.82) is 0 Å². The highest BCUT2D eigenvalue weighted by molar-refractivity contribution is 5.54. The molecule has 0 aliphatic heterocycles. The van der Waals surface area contributed by atoms with E-state index in [2.05, 4.69) is 24.3 Å². The van der Waals surface area contributed by atoms with E-state index < -0.39 is 0 Å². The van der Waals surface area contributed by atoms with Gasteiger partial charge in [-0.25, -0.2) is 0 Å². The second-order valence-electron chi connectivity index (χ2n) is 4.29. The molecule has 2 aromatic rings. The Hall–Kier alpha value is -2.54. The minimum atomic E-state index is 0.878. The summed E-state index contributed by atoms with van der Waals surface area (Å²) in [5, 5.41) is 0. The standard InChI is InChI=1S/C19H18O/c1-20-19-15-13-18(14-16-19)12-6-3-2-5-9-17-10-7-4-8-11-17/h2-16H,1H3/b3-2-,9-5-,12-6-. The first kappa shape index (κ1) is 13.9. The Morgan fingerprint density at radius 1 is 0.650 bits per heavy atom. The van der Waals surface area contributed by atoms with Crippen LogP contribution in [0.1, 0.15) is 11.1 Å². The summed E-state index contributed by atoms with van der Waals surface area (Å²) in [7, 11) is 1.67. The summed E-state index contributed by atoms with van der Waals surface area (Å²) in [6.45, 7) is 0. The van der Waals surface area contributed by atoms with Crippen LogP contribution in [0.15, 0.2) is 78.9 Å². The van der Waals surface area contributed by atoms with E-state index in [-0.39, 0.29) is 0 Å². The molecule has 0 fully saturated rings. The molecule has 0 radical (unpaired) electrons. The van der Waals surface area contributed by atoms with Crippen LogP contribution in [0.4, 0.5) is 0 Å². The molecule has 0 aliphatic rings. The average Bonchev–Trinajstić information content (AvgIpc) is 2.52. The van der Waals surface area contributed by atoms with E-state index in [4.69, 9.17) is 4.74 Å². The third-order valence-corrected chi connectivity index (χ3v) is 2.83. The van der Waals surface area contributed by atoms with Crippen LogP contribution in [0, 0.1) is 0 Å². The summed E-state index contributed by atoms with van der Waals surface area (Å²) in [6.07, 6.45) is 12.2. The van der Waals surface area contributed by atoms with Crippen molar-refractivity contribution in [2.75, 3.05) is 7.11 Å². The zero-order valence-corrected chi connectivity index (χ0v) is 11.6. The Labute approximate surface area is 120 Å². The largest absolute Gasteiger partial charge is 0.497 e. The molecule has 1 nitrogen and oxygen atoms in total. The molecule has 0 N–H and O–H groups in total. The van der Waals surface area contributed by atoms with Crippen LogP contribution in [0.25, 0.3) is 12.2 Å². The Morgan fingerprint density at radius 2 is 1.20 bits per heavy atom. The van der Waals surface area contributed by atoms with Gasteiger partial charge in [0.2, 0.25) is 0 Å². The zero-order chi connectivity index (χ0) is 14.0. The Kier molecular flexibility index (Phi) is 5.41. The molecule has 0 aliphatic carbocycles. The average molecular weight is 262 g/mol. The summed E-state index contributed by atoms with van der Waals surface area (Å²) in [4.78, 5) is 0. The second kappa shape index (κ2) is 7.80. The molecule has 0 saturated heterocycles. The third-order valence-electron chi connectivity index (χ3n) is 2.83. The first-order valence-electron chi connectivity index (χ1n) is 6.59. The number of rotatable bonds is 5. The SMILES string of the molecule is COc1ccc(\C=C/C=C\C=C/c2ccccc2)cc1. The Balaban J connectivity index is 1.86. The fourth-order valence-corrected chi connectivity index (χ4v) is 1.74. The first-order valence-corrected chi connectivity index (χ1v) is 6.59. The van der Waals surface area contributed by atoms with Crippen LogP contribution < -0.4 is 4.74 Å². The molecule has 0 amide bonds.